The molecule has 3 N–H and O–H groups in total. The van der Waals surface area contributed by atoms with Crippen molar-refractivity contribution in [2.45, 2.75) is 38.5 Å². The first-order valence-corrected chi connectivity index (χ1v) is 6.57. The molecule has 0 aromatic carbocycles. The highest BCUT2D eigenvalue weighted by Crippen LogP contribution is 2.26. The van der Waals surface area contributed by atoms with Crippen LogP contribution < -0.4 is 5.73 Å². The first-order valence-electron chi connectivity index (χ1n) is 5.69. The summed E-state index contributed by atoms with van der Waals surface area (Å²) >= 11 is 1.74. The Balaban J connectivity index is 2.64. The minimum absolute atomic E-state index is 0.0950. The first-order chi connectivity index (χ1) is 7.52. The van der Waals surface area contributed by atoms with E-state index in [0.717, 1.165) is 13.0 Å². The zero-order valence-electron chi connectivity index (χ0n) is 10.3. The molecular formula is C12H22N2OS. The van der Waals surface area contributed by atoms with Gasteiger partial charge in [0.1, 0.15) is 0 Å². The summed E-state index contributed by atoms with van der Waals surface area (Å²) in [5.41, 5.74) is 6.04. The van der Waals surface area contributed by atoms with Gasteiger partial charge in [-0.1, -0.05) is 6.07 Å². The molecule has 0 radical (unpaired) electrons. The average Bonchev–Trinajstić information content (AvgIpc) is 2.67. The molecular weight excluding hydrogens is 220 g/mol. The van der Waals surface area contributed by atoms with E-state index in [9.17, 15) is 5.11 Å². The minimum atomic E-state index is -0.250. The Labute approximate surface area is 102 Å². The van der Waals surface area contributed by atoms with Gasteiger partial charge in [0, 0.05) is 17.5 Å². The molecule has 92 valence electrons. The van der Waals surface area contributed by atoms with E-state index in [-0.39, 0.29) is 18.2 Å². The lowest BCUT2D eigenvalue weighted by atomic mass is 10.1. The summed E-state index contributed by atoms with van der Waals surface area (Å²) in [7, 11) is 2.07. The Bertz CT molecular complexity index is 285. The zero-order chi connectivity index (χ0) is 12.1. The molecule has 0 aliphatic carbocycles. The molecule has 1 heterocycles. The summed E-state index contributed by atoms with van der Waals surface area (Å²) in [6.07, 6.45) is 0.532. The van der Waals surface area contributed by atoms with Crippen LogP contribution in [-0.4, -0.2) is 35.7 Å². The molecule has 0 amide bonds. The zero-order valence-corrected chi connectivity index (χ0v) is 11.1. The van der Waals surface area contributed by atoms with E-state index >= 15 is 0 Å². The summed E-state index contributed by atoms with van der Waals surface area (Å²) in [6.45, 7) is 4.71. The van der Waals surface area contributed by atoms with Gasteiger partial charge in [0.05, 0.1) is 12.1 Å². The van der Waals surface area contributed by atoms with Crippen molar-refractivity contribution in [2.24, 2.45) is 5.73 Å². The van der Waals surface area contributed by atoms with E-state index < -0.39 is 0 Å². The van der Waals surface area contributed by atoms with Crippen LogP contribution in [0.15, 0.2) is 17.5 Å². The Hall–Kier alpha value is -0.420. The predicted molar refractivity (Wildman–Crippen MR) is 69.6 cm³/mol. The van der Waals surface area contributed by atoms with Crippen molar-refractivity contribution in [3.63, 3.8) is 0 Å². The highest BCUT2D eigenvalue weighted by atomic mass is 32.1. The lowest BCUT2D eigenvalue weighted by Gasteiger charge is -2.30. The maximum atomic E-state index is 9.30. The summed E-state index contributed by atoms with van der Waals surface area (Å²) in [4.78, 5) is 3.52. The van der Waals surface area contributed by atoms with Gasteiger partial charge in [0.2, 0.25) is 0 Å². The second kappa shape index (κ2) is 6.35. The van der Waals surface area contributed by atoms with E-state index in [1.165, 1.54) is 4.88 Å². The first kappa shape index (κ1) is 13.6. The molecule has 3 atom stereocenters. The highest BCUT2D eigenvalue weighted by Gasteiger charge is 2.21. The second-order valence-corrected chi connectivity index (χ2v) is 5.42. The van der Waals surface area contributed by atoms with Crippen LogP contribution in [0.25, 0.3) is 0 Å². The Morgan fingerprint density at radius 3 is 2.62 bits per heavy atom. The van der Waals surface area contributed by atoms with Gasteiger partial charge in [-0.05, 0) is 38.8 Å². The Morgan fingerprint density at radius 1 is 1.50 bits per heavy atom. The molecule has 1 rings (SSSR count). The van der Waals surface area contributed by atoms with Gasteiger partial charge in [-0.25, -0.2) is 0 Å². The average molecular weight is 242 g/mol. The second-order valence-electron chi connectivity index (χ2n) is 4.44. The van der Waals surface area contributed by atoms with Gasteiger partial charge in [-0.15, -0.1) is 11.3 Å². The van der Waals surface area contributed by atoms with Crippen molar-refractivity contribution in [3.8, 4) is 0 Å². The number of aliphatic hydroxyl groups is 1. The number of rotatable bonds is 6. The molecule has 0 saturated carbocycles. The van der Waals surface area contributed by atoms with E-state index in [1.807, 2.05) is 13.8 Å². The number of hydrogen-bond donors (Lipinski definition) is 2. The maximum absolute atomic E-state index is 9.30. The number of aliphatic hydroxyl groups excluding tert-OH is 1. The van der Waals surface area contributed by atoms with Crippen molar-refractivity contribution in [2.75, 3.05) is 13.6 Å². The lowest BCUT2D eigenvalue weighted by molar-refractivity contribution is 0.144. The molecule has 0 aliphatic heterocycles. The van der Waals surface area contributed by atoms with E-state index in [2.05, 4.69) is 29.5 Å². The summed E-state index contributed by atoms with van der Waals surface area (Å²) in [6, 6.07) is 4.52. The molecule has 0 spiro atoms. The third-order valence-corrected chi connectivity index (χ3v) is 3.65. The van der Waals surface area contributed by atoms with Gasteiger partial charge in [0.15, 0.2) is 0 Å². The van der Waals surface area contributed by atoms with Crippen LogP contribution in [-0.2, 0) is 0 Å². The Kier molecular flexibility index (Phi) is 5.41. The summed E-state index contributed by atoms with van der Waals surface area (Å²) in [5.74, 6) is 0. The van der Waals surface area contributed by atoms with Crippen LogP contribution in [0.3, 0.4) is 0 Å². The van der Waals surface area contributed by atoms with Crippen LogP contribution in [0.2, 0.25) is 0 Å². The third-order valence-electron chi connectivity index (χ3n) is 2.71. The van der Waals surface area contributed by atoms with Crippen molar-refractivity contribution in [1.29, 1.82) is 0 Å². The fourth-order valence-corrected chi connectivity index (χ4v) is 2.87. The van der Waals surface area contributed by atoms with Crippen LogP contribution in [0.1, 0.15) is 31.2 Å². The van der Waals surface area contributed by atoms with Crippen LogP contribution in [0.5, 0.6) is 0 Å². The number of nitrogens with zero attached hydrogens (tertiary/aromatic N) is 1. The van der Waals surface area contributed by atoms with Gasteiger partial charge >= 0.3 is 0 Å². The largest absolute Gasteiger partial charge is 0.393 e. The van der Waals surface area contributed by atoms with Crippen LogP contribution in [0.4, 0.5) is 0 Å². The highest BCUT2D eigenvalue weighted by molar-refractivity contribution is 7.10. The molecule has 0 fully saturated rings. The monoisotopic (exact) mass is 242 g/mol. The van der Waals surface area contributed by atoms with E-state index in [4.69, 9.17) is 5.73 Å². The topological polar surface area (TPSA) is 49.5 Å². The van der Waals surface area contributed by atoms with Crippen molar-refractivity contribution >= 4 is 11.3 Å². The third kappa shape index (κ3) is 3.87. The number of likely N-dealkylation sites (N-methyl/N-ethyl adjacent to an activating group) is 1. The van der Waals surface area contributed by atoms with Crippen LogP contribution >= 0.6 is 11.3 Å². The lowest BCUT2D eigenvalue weighted by Crippen LogP contribution is -2.37. The Morgan fingerprint density at radius 2 is 2.19 bits per heavy atom. The van der Waals surface area contributed by atoms with Gasteiger partial charge in [0.25, 0.3) is 0 Å². The predicted octanol–water partition coefficient (Wildman–Crippen LogP) is 1.84. The fraction of sp³-hybridized carbons (Fsp3) is 0.667. The standard InChI is InChI=1S/C12H22N2OS/c1-9(15)6-7-14(3)12(10(2)13)11-5-4-8-16-11/h4-5,8-10,12,15H,6-7,13H2,1-3H3. The molecule has 16 heavy (non-hydrogen) atoms. The molecule has 0 bridgehead atoms. The van der Waals surface area contributed by atoms with Crippen molar-refractivity contribution in [1.82, 2.24) is 4.90 Å². The van der Waals surface area contributed by atoms with Crippen molar-refractivity contribution < 1.29 is 5.11 Å². The smallest absolute Gasteiger partial charge is 0.0588 e. The van der Waals surface area contributed by atoms with Gasteiger partial charge in [-0.2, -0.15) is 0 Å². The molecule has 0 saturated heterocycles. The number of nitrogens with two attached hydrogens (primary N) is 1. The van der Waals surface area contributed by atoms with E-state index in [1.54, 1.807) is 11.3 Å². The maximum Gasteiger partial charge on any atom is 0.0588 e. The minimum Gasteiger partial charge on any atom is -0.393 e. The van der Waals surface area contributed by atoms with E-state index in [0.29, 0.717) is 0 Å². The summed E-state index contributed by atoms with van der Waals surface area (Å²) in [5, 5.41) is 11.4. The van der Waals surface area contributed by atoms with Gasteiger partial charge in [-0.3, -0.25) is 4.90 Å². The summed E-state index contributed by atoms with van der Waals surface area (Å²) < 4.78 is 0. The molecule has 1 aromatic heterocycles. The van der Waals surface area contributed by atoms with Crippen LogP contribution in [0, 0.1) is 0 Å². The molecule has 1 aromatic rings. The molecule has 0 aliphatic rings. The number of thiophene rings is 1. The normalized spacial score (nSPS) is 17.4. The fourth-order valence-electron chi connectivity index (χ4n) is 1.87. The molecule has 3 unspecified atom stereocenters. The molecule has 3 nitrogen and oxygen atoms in total. The molecule has 4 heteroatoms. The number of hydrogen-bond acceptors (Lipinski definition) is 4. The SMILES string of the molecule is CC(O)CCN(C)C(c1cccs1)C(C)N. The van der Waals surface area contributed by atoms with Gasteiger partial charge < -0.3 is 10.8 Å². The quantitative estimate of drug-likeness (QED) is 0.800. The van der Waals surface area contributed by atoms with Crippen molar-refractivity contribution in [3.05, 3.63) is 22.4 Å².